The molecule has 60 valence electrons. The van der Waals surface area contributed by atoms with E-state index >= 15 is 0 Å². The van der Waals surface area contributed by atoms with Crippen LogP contribution in [0.3, 0.4) is 0 Å². The van der Waals surface area contributed by atoms with Crippen molar-refractivity contribution in [3.8, 4) is 23.7 Å². The molecule has 0 aromatic heterocycles. The van der Waals surface area contributed by atoms with Gasteiger partial charge in [0.15, 0.2) is 0 Å². The summed E-state index contributed by atoms with van der Waals surface area (Å²) < 4.78 is 0. The van der Waals surface area contributed by atoms with Gasteiger partial charge in [0.25, 0.3) is 0 Å². The molecule has 0 saturated carbocycles. The van der Waals surface area contributed by atoms with E-state index in [2.05, 4.69) is 37.5 Å². The Kier molecular flexibility index (Phi) is 1.96. The van der Waals surface area contributed by atoms with Crippen molar-refractivity contribution < 1.29 is 0 Å². The van der Waals surface area contributed by atoms with Crippen LogP contribution in [0, 0.1) is 23.7 Å². The Hall–Kier alpha value is -0.710. The van der Waals surface area contributed by atoms with E-state index in [4.69, 9.17) is 0 Å². The SMILES string of the molecule is C[C@@H]1CC[C@@H](C)[P+]1=C1C#CC#C1. The summed E-state index contributed by atoms with van der Waals surface area (Å²) in [5.41, 5.74) is 1.71. The van der Waals surface area contributed by atoms with Crippen LogP contribution in [0.15, 0.2) is 0 Å². The molecule has 0 aromatic carbocycles. The van der Waals surface area contributed by atoms with Crippen LogP contribution in [-0.2, 0) is 0 Å². The maximum absolute atomic E-state index is 3.13. The molecule has 1 fully saturated rings. The van der Waals surface area contributed by atoms with Crippen molar-refractivity contribution >= 4 is 12.8 Å². The van der Waals surface area contributed by atoms with Gasteiger partial charge in [-0.2, -0.15) is 0 Å². The summed E-state index contributed by atoms with van der Waals surface area (Å²) in [7, 11) is 0.000772. The lowest BCUT2D eigenvalue weighted by atomic mass is 10.2. The Bertz CT molecular complexity index is 320. The van der Waals surface area contributed by atoms with Crippen LogP contribution in [0.25, 0.3) is 0 Å². The number of rotatable bonds is 0. The molecular weight excluding hydrogens is 163 g/mol. The molecule has 1 heteroatoms. The lowest BCUT2D eigenvalue weighted by Gasteiger charge is -1.96. The van der Waals surface area contributed by atoms with Crippen LogP contribution >= 0.6 is 7.55 Å². The number of hydrogen-bond acceptors (Lipinski definition) is 0. The Morgan fingerprint density at radius 1 is 1.08 bits per heavy atom. The Morgan fingerprint density at radius 3 is 2.08 bits per heavy atom. The average Bonchev–Trinajstić information content (AvgIpc) is 2.61. The first kappa shape index (κ1) is 7.91. The molecule has 0 spiro atoms. The quantitative estimate of drug-likeness (QED) is 0.391. The summed E-state index contributed by atoms with van der Waals surface area (Å²) >= 11 is 0. The molecule has 0 amide bonds. The molecular formula is C11H12P+. The third-order valence-electron chi connectivity index (χ3n) is 2.63. The Labute approximate surface area is 75.1 Å². The van der Waals surface area contributed by atoms with Crippen LogP contribution < -0.4 is 0 Å². The van der Waals surface area contributed by atoms with Gasteiger partial charge in [0, 0.05) is 11.8 Å². The first-order valence-corrected chi connectivity index (χ1v) is 5.94. The molecule has 1 aliphatic heterocycles. The van der Waals surface area contributed by atoms with E-state index in [1.807, 2.05) is 0 Å². The zero-order chi connectivity index (χ0) is 8.55. The van der Waals surface area contributed by atoms with Crippen LogP contribution in [0.1, 0.15) is 26.7 Å². The summed E-state index contributed by atoms with van der Waals surface area (Å²) in [4.78, 5) is 0. The van der Waals surface area contributed by atoms with Gasteiger partial charge in [-0.05, 0) is 38.5 Å². The molecule has 0 nitrogen and oxygen atoms in total. The van der Waals surface area contributed by atoms with Crippen LogP contribution in [-0.4, -0.2) is 16.6 Å². The molecule has 2 rings (SSSR count). The van der Waals surface area contributed by atoms with E-state index in [-0.39, 0.29) is 7.55 Å². The van der Waals surface area contributed by atoms with E-state index in [0.29, 0.717) is 0 Å². The molecule has 1 saturated heterocycles. The van der Waals surface area contributed by atoms with Crippen molar-refractivity contribution in [2.45, 2.75) is 38.0 Å². The monoisotopic (exact) mass is 175 g/mol. The van der Waals surface area contributed by atoms with Gasteiger partial charge in [-0.25, -0.2) is 0 Å². The first-order chi connectivity index (χ1) is 5.79. The maximum Gasteiger partial charge on any atom is 0.245 e. The second kappa shape index (κ2) is 2.97. The van der Waals surface area contributed by atoms with Gasteiger partial charge in [0.05, 0.1) is 0 Å². The summed E-state index contributed by atoms with van der Waals surface area (Å²) in [6.45, 7) is 4.70. The smallest absolute Gasteiger partial charge is 0.0213 e. The fourth-order valence-corrected chi connectivity index (χ4v) is 4.95. The highest BCUT2D eigenvalue weighted by atomic mass is 31.1. The summed E-state index contributed by atoms with van der Waals surface area (Å²) in [5.74, 6) is 12.0. The predicted octanol–water partition coefficient (Wildman–Crippen LogP) is 2.23. The largest absolute Gasteiger partial charge is 0.245 e. The van der Waals surface area contributed by atoms with Crippen molar-refractivity contribution in [3.05, 3.63) is 0 Å². The molecule has 2 atom stereocenters. The van der Waals surface area contributed by atoms with Gasteiger partial charge in [-0.15, -0.1) is 0 Å². The van der Waals surface area contributed by atoms with Crippen molar-refractivity contribution in [2.24, 2.45) is 0 Å². The highest BCUT2D eigenvalue weighted by molar-refractivity contribution is 7.62. The fraction of sp³-hybridized carbons (Fsp3) is 0.545. The third kappa shape index (κ3) is 1.18. The average molecular weight is 175 g/mol. The van der Waals surface area contributed by atoms with E-state index < -0.39 is 0 Å². The molecule has 0 unspecified atom stereocenters. The van der Waals surface area contributed by atoms with Crippen molar-refractivity contribution in [3.63, 3.8) is 0 Å². The van der Waals surface area contributed by atoms with Gasteiger partial charge in [0.2, 0.25) is 5.29 Å². The summed E-state index contributed by atoms with van der Waals surface area (Å²) in [6.07, 6.45) is 2.75. The zero-order valence-electron chi connectivity index (χ0n) is 7.52. The Morgan fingerprint density at radius 2 is 1.58 bits per heavy atom. The number of hydrogen-bond donors (Lipinski definition) is 0. The molecule has 1 aliphatic carbocycles. The van der Waals surface area contributed by atoms with Crippen LogP contribution in [0.5, 0.6) is 0 Å². The molecule has 0 N–H and O–H groups in total. The van der Waals surface area contributed by atoms with Gasteiger partial charge in [-0.1, -0.05) is 0 Å². The topological polar surface area (TPSA) is 0 Å². The second-order valence-electron chi connectivity index (χ2n) is 3.53. The minimum atomic E-state index is 0.000772. The molecule has 0 bridgehead atoms. The third-order valence-corrected chi connectivity index (χ3v) is 5.79. The molecule has 1 heterocycles. The van der Waals surface area contributed by atoms with Crippen LogP contribution in [0.2, 0.25) is 0 Å². The lowest BCUT2D eigenvalue weighted by Crippen LogP contribution is -1.98. The molecule has 12 heavy (non-hydrogen) atoms. The van der Waals surface area contributed by atoms with Crippen LogP contribution in [0.4, 0.5) is 0 Å². The standard InChI is InChI=1S/C11H12P/c1-9-7-8-10(2)12(9)11-5-3-4-6-11/h9-10H,7-8H2,1-2H3/q+1/t9-,10-/m1/s1. The minimum absolute atomic E-state index is 0.000772. The fourth-order valence-electron chi connectivity index (χ4n) is 1.98. The highest BCUT2D eigenvalue weighted by Gasteiger charge is 2.37. The normalized spacial score (nSPS) is 31.2. The van der Waals surface area contributed by atoms with E-state index in [0.717, 1.165) is 11.3 Å². The van der Waals surface area contributed by atoms with Crippen molar-refractivity contribution in [2.75, 3.05) is 0 Å². The van der Waals surface area contributed by atoms with Crippen molar-refractivity contribution in [1.29, 1.82) is 0 Å². The Balaban J connectivity index is 2.42. The van der Waals surface area contributed by atoms with Gasteiger partial charge >= 0.3 is 0 Å². The summed E-state index contributed by atoms with van der Waals surface area (Å²) in [6, 6.07) is 0. The first-order valence-electron chi connectivity index (χ1n) is 4.46. The molecule has 0 radical (unpaired) electrons. The second-order valence-corrected chi connectivity index (χ2v) is 6.56. The molecule has 2 aliphatic rings. The highest BCUT2D eigenvalue weighted by Crippen LogP contribution is 2.48. The predicted molar refractivity (Wildman–Crippen MR) is 55.6 cm³/mol. The van der Waals surface area contributed by atoms with E-state index in [1.165, 1.54) is 18.1 Å². The van der Waals surface area contributed by atoms with Gasteiger partial charge < -0.3 is 0 Å². The van der Waals surface area contributed by atoms with Gasteiger partial charge in [0.1, 0.15) is 18.9 Å². The van der Waals surface area contributed by atoms with Crippen molar-refractivity contribution in [1.82, 2.24) is 0 Å². The van der Waals surface area contributed by atoms with Gasteiger partial charge in [-0.3, -0.25) is 0 Å². The zero-order valence-corrected chi connectivity index (χ0v) is 8.41. The maximum atomic E-state index is 3.13. The van der Waals surface area contributed by atoms with E-state index in [1.54, 1.807) is 0 Å². The molecule has 0 aromatic rings. The minimum Gasteiger partial charge on any atom is -0.0213 e. The summed E-state index contributed by atoms with van der Waals surface area (Å²) in [5, 5.41) is 1.27. The lowest BCUT2D eigenvalue weighted by molar-refractivity contribution is 0.777. The van der Waals surface area contributed by atoms with E-state index in [9.17, 15) is 0 Å².